The Kier molecular flexibility index (Phi) is 6.37. The van der Waals surface area contributed by atoms with Crippen LogP contribution in [-0.4, -0.2) is 30.6 Å². The molecule has 2 aromatic heterocycles. The van der Waals surface area contributed by atoms with Crippen LogP contribution in [0.1, 0.15) is 31.4 Å². The molecule has 0 N–H and O–H groups in total. The predicted molar refractivity (Wildman–Crippen MR) is 132 cm³/mol. The maximum Gasteiger partial charge on any atom is 0.269 e. The Hall–Kier alpha value is -2.68. The topological polar surface area (TPSA) is 63.9 Å². The van der Waals surface area contributed by atoms with Gasteiger partial charge in [0.05, 0.1) is 4.91 Å². The van der Waals surface area contributed by atoms with Crippen molar-refractivity contribution in [3.63, 3.8) is 0 Å². The highest BCUT2D eigenvalue weighted by atomic mass is 35.5. The van der Waals surface area contributed by atoms with E-state index >= 15 is 0 Å². The van der Waals surface area contributed by atoms with Crippen molar-refractivity contribution in [2.24, 2.45) is 0 Å². The quantitative estimate of drug-likeness (QED) is 0.354. The van der Waals surface area contributed by atoms with Crippen LogP contribution in [0.25, 0.3) is 11.7 Å². The summed E-state index contributed by atoms with van der Waals surface area (Å²) in [6, 6.07) is 10.4. The molecule has 1 unspecified atom stereocenters. The van der Waals surface area contributed by atoms with E-state index in [0.29, 0.717) is 25.6 Å². The number of rotatable bonds is 5. The Morgan fingerprint density at radius 1 is 1.28 bits per heavy atom. The van der Waals surface area contributed by atoms with E-state index in [0.717, 1.165) is 12.0 Å². The largest absolute Gasteiger partial charge is 0.438 e. The highest BCUT2D eigenvalue weighted by Crippen LogP contribution is 2.36. The number of pyridine rings is 1. The summed E-state index contributed by atoms with van der Waals surface area (Å²) in [6.45, 7) is 5.79. The van der Waals surface area contributed by atoms with Gasteiger partial charge in [0, 0.05) is 17.3 Å². The summed E-state index contributed by atoms with van der Waals surface area (Å²) in [5.74, 6) is 0.373. The lowest BCUT2D eigenvalue weighted by atomic mass is 10.2. The van der Waals surface area contributed by atoms with Gasteiger partial charge in [0.15, 0.2) is 0 Å². The maximum absolute atomic E-state index is 13.3. The lowest BCUT2D eigenvalue weighted by Crippen LogP contribution is -2.36. The molecule has 1 aliphatic heterocycles. The van der Waals surface area contributed by atoms with Gasteiger partial charge in [-0.3, -0.25) is 18.9 Å². The first-order chi connectivity index (χ1) is 15.3. The minimum absolute atomic E-state index is 0.0306. The molecule has 6 nitrogen and oxygen atoms in total. The first-order valence-corrected chi connectivity index (χ1v) is 11.6. The fourth-order valence-corrected chi connectivity index (χ4v) is 4.81. The average molecular weight is 486 g/mol. The number of thioether (sulfide) groups is 1. The Labute approximate surface area is 199 Å². The molecule has 0 radical (unpaired) electrons. The summed E-state index contributed by atoms with van der Waals surface area (Å²) in [7, 11) is 0. The molecule has 32 heavy (non-hydrogen) atoms. The van der Waals surface area contributed by atoms with Crippen LogP contribution in [0.5, 0.6) is 11.6 Å². The van der Waals surface area contributed by atoms with Gasteiger partial charge in [0.1, 0.15) is 21.3 Å². The van der Waals surface area contributed by atoms with E-state index in [9.17, 15) is 9.59 Å². The number of aryl methyl sites for hydroxylation is 1. The molecule has 9 heteroatoms. The molecule has 0 bridgehead atoms. The van der Waals surface area contributed by atoms with Gasteiger partial charge in [-0.25, -0.2) is 0 Å². The van der Waals surface area contributed by atoms with E-state index in [1.54, 1.807) is 47.5 Å². The lowest BCUT2D eigenvalue weighted by molar-refractivity contribution is -0.123. The van der Waals surface area contributed by atoms with Crippen molar-refractivity contribution >= 4 is 57.5 Å². The molecule has 0 aliphatic carbocycles. The summed E-state index contributed by atoms with van der Waals surface area (Å²) in [5, 5.41) is 0.609. The molecule has 0 spiro atoms. The van der Waals surface area contributed by atoms with Crippen molar-refractivity contribution in [3.05, 3.63) is 74.0 Å². The number of thiocarbonyl (C=S) groups is 1. The van der Waals surface area contributed by atoms with Gasteiger partial charge in [0.2, 0.25) is 5.88 Å². The van der Waals surface area contributed by atoms with Gasteiger partial charge < -0.3 is 4.74 Å². The number of fused-ring (bicyclic) bond motifs is 1. The lowest BCUT2D eigenvalue weighted by Gasteiger charge is -2.21. The summed E-state index contributed by atoms with van der Waals surface area (Å²) < 4.78 is 7.90. The zero-order valence-electron chi connectivity index (χ0n) is 17.7. The molecule has 1 amide bonds. The van der Waals surface area contributed by atoms with Gasteiger partial charge >= 0.3 is 0 Å². The molecule has 3 aromatic rings. The van der Waals surface area contributed by atoms with Crippen molar-refractivity contribution in [2.75, 3.05) is 0 Å². The van der Waals surface area contributed by atoms with Crippen LogP contribution in [0.2, 0.25) is 5.02 Å². The first kappa shape index (κ1) is 22.5. The second-order valence-electron chi connectivity index (χ2n) is 7.39. The SMILES string of the molecule is CCC(C)N1C(=O)/C(=C\c2c(Oc3ccc(Cl)c(C)c3)nc3ccccn3c2=O)SC1=S. The third kappa shape index (κ3) is 4.18. The molecule has 4 rings (SSSR count). The zero-order valence-corrected chi connectivity index (χ0v) is 20.1. The van der Waals surface area contributed by atoms with Crippen molar-refractivity contribution in [3.8, 4) is 11.6 Å². The van der Waals surface area contributed by atoms with E-state index in [1.165, 1.54) is 22.2 Å². The first-order valence-electron chi connectivity index (χ1n) is 10.0. The fraction of sp³-hybridized carbons (Fsp3) is 0.217. The van der Waals surface area contributed by atoms with Crippen LogP contribution in [0.3, 0.4) is 0 Å². The predicted octanol–water partition coefficient (Wildman–Crippen LogP) is 5.45. The number of hydrogen-bond acceptors (Lipinski definition) is 6. The molecule has 1 fully saturated rings. The number of amides is 1. The van der Waals surface area contributed by atoms with E-state index in [1.807, 2.05) is 20.8 Å². The van der Waals surface area contributed by atoms with Gasteiger partial charge in [-0.15, -0.1) is 0 Å². The molecule has 1 aliphatic rings. The van der Waals surface area contributed by atoms with Crippen molar-refractivity contribution in [1.82, 2.24) is 14.3 Å². The smallest absolute Gasteiger partial charge is 0.269 e. The van der Waals surface area contributed by atoms with Crippen LogP contribution in [0, 0.1) is 6.92 Å². The number of carbonyl (C=O) groups is 1. The minimum atomic E-state index is -0.343. The van der Waals surface area contributed by atoms with E-state index in [2.05, 4.69) is 4.98 Å². The van der Waals surface area contributed by atoms with Crippen molar-refractivity contribution in [2.45, 2.75) is 33.2 Å². The number of halogens is 1. The van der Waals surface area contributed by atoms with Gasteiger partial charge in [0.25, 0.3) is 11.5 Å². The number of benzene rings is 1. The minimum Gasteiger partial charge on any atom is -0.438 e. The molecule has 1 aromatic carbocycles. The Morgan fingerprint density at radius 2 is 2.06 bits per heavy atom. The number of hydrogen-bond donors (Lipinski definition) is 0. The van der Waals surface area contributed by atoms with E-state index in [4.69, 9.17) is 28.6 Å². The Morgan fingerprint density at radius 3 is 2.78 bits per heavy atom. The van der Waals surface area contributed by atoms with Crippen LogP contribution >= 0.6 is 35.6 Å². The molecule has 0 saturated carbocycles. The Bertz CT molecular complexity index is 1340. The number of aromatic nitrogens is 2. The number of nitrogens with zero attached hydrogens (tertiary/aromatic N) is 3. The third-order valence-electron chi connectivity index (χ3n) is 5.21. The zero-order chi connectivity index (χ0) is 23.0. The molecular formula is C23H20ClN3O3S2. The highest BCUT2D eigenvalue weighted by Gasteiger charge is 2.35. The second kappa shape index (κ2) is 9.05. The normalized spacial score (nSPS) is 16.2. The standard InChI is InChI=1S/C23H20ClN3O3S2/c1-4-14(3)27-22(29)18(32-23(27)31)12-16-20(30-15-8-9-17(24)13(2)11-15)25-19-7-5-6-10-26(19)21(16)28/h5-12,14H,4H2,1-3H3/b18-12+. The Balaban J connectivity index is 1.85. The van der Waals surface area contributed by atoms with Crippen molar-refractivity contribution in [1.29, 1.82) is 0 Å². The summed E-state index contributed by atoms with van der Waals surface area (Å²) >= 11 is 12.7. The van der Waals surface area contributed by atoms with Crippen LogP contribution in [-0.2, 0) is 4.79 Å². The maximum atomic E-state index is 13.3. The van der Waals surface area contributed by atoms with Crippen LogP contribution in [0.15, 0.2) is 52.3 Å². The average Bonchev–Trinajstić information content (AvgIpc) is 3.05. The number of ether oxygens (including phenoxy) is 1. The molecule has 1 saturated heterocycles. The summed E-state index contributed by atoms with van der Waals surface area (Å²) in [5.41, 5.74) is 1.09. The van der Waals surface area contributed by atoms with Crippen LogP contribution < -0.4 is 10.3 Å². The summed E-state index contributed by atoms with van der Waals surface area (Å²) in [4.78, 5) is 32.8. The van der Waals surface area contributed by atoms with Crippen LogP contribution in [0.4, 0.5) is 0 Å². The van der Waals surface area contributed by atoms with Gasteiger partial charge in [-0.1, -0.05) is 48.6 Å². The van der Waals surface area contributed by atoms with E-state index < -0.39 is 0 Å². The molecule has 1 atom stereocenters. The molecular weight excluding hydrogens is 466 g/mol. The van der Waals surface area contributed by atoms with Gasteiger partial charge in [-0.05, 0) is 62.2 Å². The fourth-order valence-electron chi connectivity index (χ4n) is 3.25. The van der Waals surface area contributed by atoms with Crippen molar-refractivity contribution < 1.29 is 9.53 Å². The third-order valence-corrected chi connectivity index (χ3v) is 6.96. The molecule has 164 valence electrons. The second-order valence-corrected chi connectivity index (χ2v) is 9.47. The van der Waals surface area contributed by atoms with E-state index in [-0.39, 0.29) is 29.0 Å². The summed E-state index contributed by atoms with van der Waals surface area (Å²) in [6.07, 6.45) is 3.92. The van der Waals surface area contributed by atoms with Gasteiger partial charge in [-0.2, -0.15) is 4.98 Å². The highest BCUT2D eigenvalue weighted by molar-refractivity contribution is 8.26. The number of carbonyl (C=O) groups excluding carboxylic acids is 1. The molecule has 3 heterocycles. The monoisotopic (exact) mass is 485 g/mol.